The second-order valence-corrected chi connectivity index (χ2v) is 4.72. The normalized spacial score (nSPS) is 19.9. The first kappa shape index (κ1) is 13.3. The minimum absolute atomic E-state index is 0.102. The van der Waals surface area contributed by atoms with Crippen molar-refractivity contribution in [2.45, 2.75) is 13.0 Å². The van der Waals surface area contributed by atoms with Gasteiger partial charge in [0.1, 0.15) is 0 Å². The third-order valence-electron chi connectivity index (χ3n) is 3.12. The zero-order chi connectivity index (χ0) is 13.1. The molecule has 1 saturated heterocycles. The Morgan fingerprint density at radius 2 is 2.39 bits per heavy atom. The van der Waals surface area contributed by atoms with Crippen molar-refractivity contribution in [2.24, 2.45) is 0 Å². The molecule has 98 valence electrons. The molecule has 18 heavy (non-hydrogen) atoms. The van der Waals surface area contributed by atoms with Crippen molar-refractivity contribution in [1.29, 1.82) is 0 Å². The lowest BCUT2D eigenvalue weighted by molar-refractivity contribution is -0.0183. The zero-order valence-corrected chi connectivity index (χ0v) is 11.0. The molecule has 1 amide bonds. The van der Waals surface area contributed by atoms with Crippen molar-refractivity contribution in [1.82, 2.24) is 4.90 Å². The van der Waals surface area contributed by atoms with Gasteiger partial charge < -0.3 is 14.7 Å². The van der Waals surface area contributed by atoms with Crippen LogP contribution in [0.1, 0.15) is 15.9 Å². The summed E-state index contributed by atoms with van der Waals surface area (Å²) >= 11 is 6.16. The van der Waals surface area contributed by atoms with E-state index in [4.69, 9.17) is 16.3 Å². The average molecular weight is 270 g/mol. The number of aryl methyl sites for hydroxylation is 1. The van der Waals surface area contributed by atoms with Gasteiger partial charge in [-0.05, 0) is 18.6 Å². The van der Waals surface area contributed by atoms with E-state index in [-0.39, 0.29) is 18.6 Å². The highest BCUT2D eigenvalue weighted by Gasteiger charge is 2.28. The van der Waals surface area contributed by atoms with Gasteiger partial charge in [0.2, 0.25) is 0 Å². The number of ether oxygens (including phenoxy) is 1. The fourth-order valence-electron chi connectivity index (χ4n) is 2.04. The standard InChI is InChI=1S/C13H16ClNO3/c1-9-3-2-4-11(12(9)14)13(17)15-5-6-18-8-10(15)7-16/h2-4,10,16H,5-8H2,1H3. The maximum Gasteiger partial charge on any atom is 0.255 e. The molecular formula is C13H16ClNO3. The second kappa shape index (κ2) is 5.69. The molecule has 1 heterocycles. The largest absolute Gasteiger partial charge is 0.394 e. The Morgan fingerprint density at radius 1 is 1.61 bits per heavy atom. The minimum Gasteiger partial charge on any atom is -0.394 e. The number of rotatable bonds is 2. The van der Waals surface area contributed by atoms with Gasteiger partial charge in [-0.3, -0.25) is 4.79 Å². The van der Waals surface area contributed by atoms with E-state index < -0.39 is 0 Å². The number of aliphatic hydroxyl groups excluding tert-OH is 1. The van der Waals surface area contributed by atoms with Crippen molar-refractivity contribution in [3.8, 4) is 0 Å². The molecule has 4 nitrogen and oxygen atoms in total. The Hall–Kier alpha value is -1.10. The van der Waals surface area contributed by atoms with Crippen LogP contribution in [0.25, 0.3) is 0 Å². The Balaban J connectivity index is 2.27. The van der Waals surface area contributed by atoms with Crippen LogP contribution in [-0.4, -0.2) is 48.3 Å². The van der Waals surface area contributed by atoms with Gasteiger partial charge in [-0.1, -0.05) is 23.7 Å². The van der Waals surface area contributed by atoms with Crippen molar-refractivity contribution in [3.05, 3.63) is 34.3 Å². The summed E-state index contributed by atoms with van der Waals surface area (Å²) in [4.78, 5) is 14.0. The van der Waals surface area contributed by atoms with Gasteiger partial charge in [0.15, 0.2) is 0 Å². The van der Waals surface area contributed by atoms with Gasteiger partial charge in [0.05, 0.1) is 36.4 Å². The quantitative estimate of drug-likeness (QED) is 0.885. The highest BCUT2D eigenvalue weighted by Crippen LogP contribution is 2.23. The van der Waals surface area contributed by atoms with Gasteiger partial charge in [0, 0.05) is 6.54 Å². The molecule has 0 radical (unpaired) electrons. The van der Waals surface area contributed by atoms with E-state index in [0.29, 0.717) is 30.3 Å². The van der Waals surface area contributed by atoms with Crippen molar-refractivity contribution < 1.29 is 14.6 Å². The van der Waals surface area contributed by atoms with E-state index >= 15 is 0 Å². The van der Waals surface area contributed by atoms with Crippen LogP contribution < -0.4 is 0 Å². The van der Waals surface area contributed by atoms with Crippen LogP contribution in [0.3, 0.4) is 0 Å². The molecule has 2 rings (SSSR count). The Morgan fingerprint density at radius 3 is 3.11 bits per heavy atom. The summed E-state index contributed by atoms with van der Waals surface area (Å²) in [7, 11) is 0. The molecule has 1 unspecified atom stereocenters. The summed E-state index contributed by atoms with van der Waals surface area (Å²) in [6.07, 6.45) is 0. The summed E-state index contributed by atoms with van der Waals surface area (Å²) < 4.78 is 5.26. The van der Waals surface area contributed by atoms with Gasteiger partial charge in [-0.15, -0.1) is 0 Å². The monoisotopic (exact) mass is 269 g/mol. The molecule has 0 spiro atoms. The second-order valence-electron chi connectivity index (χ2n) is 4.35. The summed E-state index contributed by atoms with van der Waals surface area (Å²) in [6, 6.07) is 5.09. The zero-order valence-electron chi connectivity index (χ0n) is 10.2. The lowest BCUT2D eigenvalue weighted by atomic mass is 10.1. The van der Waals surface area contributed by atoms with E-state index in [1.165, 1.54) is 0 Å². The van der Waals surface area contributed by atoms with Crippen LogP contribution >= 0.6 is 11.6 Å². The van der Waals surface area contributed by atoms with Crippen LogP contribution in [0, 0.1) is 6.92 Å². The predicted molar refractivity (Wildman–Crippen MR) is 68.9 cm³/mol. The number of halogens is 1. The number of benzene rings is 1. The maximum atomic E-state index is 12.4. The van der Waals surface area contributed by atoms with Crippen molar-refractivity contribution >= 4 is 17.5 Å². The topological polar surface area (TPSA) is 49.8 Å². The molecule has 5 heteroatoms. The van der Waals surface area contributed by atoms with Crippen molar-refractivity contribution in [2.75, 3.05) is 26.4 Å². The molecule has 1 aromatic carbocycles. The summed E-state index contributed by atoms with van der Waals surface area (Å²) in [5.74, 6) is -0.147. The molecule has 1 aliphatic heterocycles. The molecular weight excluding hydrogens is 254 g/mol. The smallest absolute Gasteiger partial charge is 0.255 e. The number of aliphatic hydroxyl groups is 1. The SMILES string of the molecule is Cc1cccc(C(=O)N2CCOCC2CO)c1Cl. The van der Waals surface area contributed by atoms with Crippen LogP contribution in [-0.2, 0) is 4.74 Å². The molecule has 1 aliphatic rings. The van der Waals surface area contributed by atoms with Crippen LogP contribution in [0.4, 0.5) is 0 Å². The minimum atomic E-state index is -0.289. The number of amides is 1. The first-order chi connectivity index (χ1) is 8.65. The number of hydrogen-bond donors (Lipinski definition) is 1. The molecule has 1 aromatic rings. The fourth-order valence-corrected chi connectivity index (χ4v) is 2.25. The summed E-state index contributed by atoms with van der Waals surface area (Å²) in [5, 5.41) is 9.75. The van der Waals surface area contributed by atoms with E-state index in [0.717, 1.165) is 5.56 Å². The van der Waals surface area contributed by atoms with Crippen molar-refractivity contribution in [3.63, 3.8) is 0 Å². The molecule has 0 aromatic heterocycles. The number of morpholine rings is 1. The van der Waals surface area contributed by atoms with Gasteiger partial charge >= 0.3 is 0 Å². The van der Waals surface area contributed by atoms with Crippen LogP contribution in [0.15, 0.2) is 18.2 Å². The lowest BCUT2D eigenvalue weighted by Gasteiger charge is -2.34. The average Bonchev–Trinajstić information content (AvgIpc) is 2.41. The molecule has 0 saturated carbocycles. The first-order valence-electron chi connectivity index (χ1n) is 5.90. The van der Waals surface area contributed by atoms with Crippen LogP contribution in [0.5, 0.6) is 0 Å². The summed E-state index contributed by atoms with van der Waals surface area (Å²) in [6.45, 7) is 3.10. The number of carbonyl (C=O) groups is 1. The molecule has 1 atom stereocenters. The van der Waals surface area contributed by atoms with Gasteiger partial charge in [-0.2, -0.15) is 0 Å². The Labute approximate surface area is 111 Å². The highest BCUT2D eigenvalue weighted by molar-refractivity contribution is 6.34. The Bertz CT molecular complexity index is 450. The number of nitrogens with zero attached hydrogens (tertiary/aromatic N) is 1. The molecule has 0 aliphatic carbocycles. The van der Waals surface area contributed by atoms with E-state index in [2.05, 4.69) is 0 Å². The third kappa shape index (κ3) is 2.51. The number of carbonyl (C=O) groups excluding carboxylic acids is 1. The van der Waals surface area contributed by atoms with E-state index in [9.17, 15) is 9.90 Å². The fraction of sp³-hybridized carbons (Fsp3) is 0.462. The highest BCUT2D eigenvalue weighted by atomic mass is 35.5. The summed E-state index contributed by atoms with van der Waals surface area (Å²) in [5.41, 5.74) is 1.35. The predicted octanol–water partition coefficient (Wildman–Crippen LogP) is 1.48. The molecule has 1 N–H and O–H groups in total. The number of hydrogen-bond acceptors (Lipinski definition) is 3. The van der Waals surface area contributed by atoms with E-state index in [1.807, 2.05) is 19.1 Å². The Kier molecular flexibility index (Phi) is 4.22. The molecule has 1 fully saturated rings. The third-order valence-corrected chi connectivity index (χ3v) is 3.62. The lowest BCUT2D eigenvalue weighted by Crippen LogP contribution is -2.50. The van der Waals surface area contributed by atoms with Crippen LogP contribution in [0.2, 0.25) is 5.02 Å². The maximum absolute atomic E-state index is 12.4. The van der Waals surface area contributed by atoms with Gasteiger partial charge in [0.25, 0.3) is 5.91 Å². The molecule has 0 bridgehead atoms. The first-order valence-corrected chi connectivity index (χ1v) is 6.27. The van der Waals surface area contributed by atoms with E-state index in [1.54, 1.807) is 11.0 Å². The van der Waals surface area contributed by atoms with Gasteiger partial charge in [-0.25, -0.2) is 0 Å².